The third kappa shape index (κ3) is 2.45. The van der Waals surface area contributed by atoms with Crippen LogP contribution in [0.5, 0.6) is 0 Å². The Morgan fingerprint density at radius 2 is 1.55 bits per heavy atom. The SMILES string of the molecule is C[CH2][Mo]([CH2]C)[c]1ccccc1. The zero-order valence-electron chi connectivity index (χ0n) is 7.21. The molecule has 0 fully saturated rings. The van der Waals surface area contributed by atoms with Gasteiger partial charge in [-0.3, -0.25) is 0 Å². The van der Waals surface area contributed by atoms with E-state index >= 15 is 0 Å². The van der Waals surface area contributed by atoms with Crippen LogP contribution in [0.2, 0.25) is 9.62 Å². The van der Waals surface area contributed by atoms with E-state index in [4.69, 9.17) is 0 Å². The van der Waals surface area contributed by atoms with Gasteiger partial charge in [-0.2, -0.15) is 0 Å². The summed E-state index contributed by atoms with van der Waals surface area (Å²) >= 11 is -0.844. The maximum atomic E-state index is 2.33. The summed E-state index contributed by atoms with van der Waals surface area (Å²) in [5.74, 6) is 0. The van der Waals surface area contributed by atoms with Crippen LogP contribution >= 0.6 is 0 Å². The molecule has 0 heterocycles. The molecule has 1 heteroatoms. The van der Waals surface area contributed by atoms with Gasteiger partial charge in [0.2, 0.25) is 0 Å². The first-order valence-electron chi connectivity index (χ1n) is 4.11. The van der Waals surface area contributed by atoms with E-state index in [-0.39, 0.29) is 0 Å². The minimum absolute atomic E-state index is 0.844. The molecule has 0 bridgehead atoms. The van der Waals surface area contributed by atoms with Gasteiger partial charge in [0, 0.05) is 0 Å². The number of rotatable bonds is 3. The molecule has 0 radical (unpaired) electrons. The summed E-state index contributed by atoms with van der Waals surface area (Å²) in [7, 11) is 0. The van der Waals surface area contributed by atoms with Crippen LogP contribution in [-0.4, -0.2) is 0 Å². The molecule has 11 heavy (non-hydrogen) atoms. The van der Waals surface area contributed by atoms with Crippen LogP contribution in [0.3, 0.4) is 0 Å². The summed E-state index contributed by atoms with van der Waals surface area (Å²) < 4.78 is 1.65. The molecule has 1 aromatic carbocycles. The van der Waals surface area contributed by atoms with E-state index < -0.39 is 17.3 Å². The second-order valence-electron chi connectivity index (χ2n) is 2.38. The van der Waals surface area contributed by atoms with Crippen molar-refractivity contribution < 1.29 is 17.3 Å². The van der Waals surface area contributed by atoms with Crippen LogP contribution in [-0.2, 0) is 17.3 Å². The van der Waals surface area contributed by atoms with Gasteiger partial charge in [0.05, 0.1) is 0 Å². The monoisotopic (exact) mass is 233 g/mol. The Morgan fingerprint density at radius 1 is 1.00 bits per heavy atom. The molecular weight excluding hydrogens is 216 g/mol. The summed E-state index contributed by atoms with van der Waals surface area (Å²) in [4.78, 5) is 2.84. The van der Waals surface area contributed by atoms with Crippen LogP contribution in [0, 0.1) is 0 Å². The van der Waals surface area contributed by atoms with E-state index in [1.54, 1.807) is 3.95 Å². The summed E-state index contributed by atoms with van der Waals surface area (Å²) in [5.41, 5.74) is 0. The van der Waals surface area contributed by atoms with Crippen molar-refractivity contribution in [1.82, 2.24) is 0 Å². The maximum absolute atomic E-state index is 2.33. The van der Waals surface area contributed by atoms with E-state index in [0.717, 1.165) is 0 Å². The molecule has 1 aromatic rings. The molecule has 0 aliphatic carbocycles. The fraction of sp³-hybridized carbons (Fsp3) is 0.400. The normalized spacial score (nSPS) is 10.5. The van der Waals surface area contributed by atoms with Crippen LogP contribution in [0.4, 0.5) is 0 Å². The van der Waals surface area contributed by atoms with Crippen LogP contribution in [0.15, 0.2) is 30.3 Å². The van der Waals surface area contributed by atoms with Gasteiger partial charge in [-0.15, -0.1) is 0 Å². The molecule has 0 saturated carbocycles. The van der Waals surface area contributed by atoms with Crippen LogP contribution < -0.4 is 3.95 Å². The fourth-order valence-electron chi connectivity index (χ4n) is 1.15. The molecule has 1 rings (SSSR count). The number of benzene rings is 1. The molecular formula is C10H15Mo. The average molecular weight is 231 g/mol. The Labute approximate surface area is 75.2 Å². The third-order valence-corrected chi connectivity index (χ3v) is 7.51. The minimum atomic E-state index is -0.844. The predicted molar refractivity (Wildman–Crippen MR) is 47.0 cm³/mol. The second kappa shape index (κ2) is 4.72. The van der Waals surface area contributed by atoms with Crippen molar-refractivity contribution in [3.63, 3.8) is 0 Å². The van der Waals surface area contributed by atoms with Gasteiger partial charge in [-0.1, -0.05) is 0 Å². The van der Waals surface area contributed by atoms with Crippen molar-refractivity contribution in [3.05, 3.63) is 30.3 Å². The molecule has 0 N–H and O–H groups in total. The first kappa shape index (κ1) is 9.00. The predicted octanol–water partition coefficient (Wildman–Crippen LogP) is 2.81. The van der Waals surface area contributed by atoms with Crippen molar-refractivity contribution in [2.24, 2.45) is 0 Å². The molecule has 0 aromatic heterocycles. The van der Waals surface area contributed by atoms with Crippen molar-refractivity contribution in [2.75, 3.05) is 0 Å². The molecule has 0 aliphatic heterocycles. The Balaban J connectivity index is 2.74. The summed E-state index contributed by atoms with van der Waals surface area (Å²) in [5, 5.41) is 0. The molecule has 0 aliphatic rings. The van der Waals surface area contributed by atoms with Gasteiger partial charge in [0.25, 0.3) is 0 Å². The van der Waals surface area contributed by atoms with E-state index in [2.05, 4.69) is 44.2 Å². The van der Waals surface area contributed by atoms with Crippen molar-refractivity contribution in [3.8, 4) is 0 Å². The second-order valence-corrected chi connectivity index (χ2v) is 8.80. The first-order chi connectivity index (χ1) is 5.38. The number of hydrogen-bond donors (Lipinski definition) is 0. The Bertz CT molecular complexity index is 189. The van der Waals surface area contributed by atoms with Gasteiger partial charge in [0.1, 0.15) is 0 Å². The summed E-state index contributed by atoms with van der Waals surface area (Å²) in [6.07, 6.45) is 0. The van der Waals surface area contributed by atoms with Crippen molar-refractivity contribution >= 4 is 3.95 Å². The van der Waals surface area contributed by atoms with Gasteiger partial charge in [0.15, 0.2) is 0 Å². The Morgan fingerprint density at radius 3 is 2.00 bits per heavy atom. The molecule has 0 unspecified atom stereocenters. The third-order valence-electron chi connectivity index (χ3n) is 1.77. The van der Waals surface area contributed by atoms with Crippen molar-refractivity contribution in [1.29, 1.82) is 0 Å². The van der Waals surface area contributed by atoms with Gasteiger partial charge < -0.3 is 0 Å². The molecule has 0 nitrogen and oxygen atoms in total. The van der Waals surface area contributed by atoms with E-state index in [1.807, 2.05) is 0 Å². The summed E-state index contributed by atoms with van der Waals surface area (Å²) in [6, 6.07) is 11.0. The van der Waals surface area contributed by atoms with Gasteiger partial charge in [-0.05, 0) is 0 Å². The summed E-state index contributed by atoms with van der Waals surface area (Å²) in [6.45, 7) is 4.65. The zero-order valence-corrected chi connectivity index (χ0v) is 9.22. The average Bonchev–Trinajstić information content (AvgIpc) is 2.09. The van der Waals surface area contributed by atoms with Gasteiger partial charge >= 0.3 is 75.1 Å². The van der Waals surface area contributed by atoms with E-state index in [9.17, 15) is 0 Å². The van der Waals surface area contributed by atoms with E-state index in [0.29, 0.717) is 0 Å². The Hall–Kier alpha value is -0.0917. The molecule has 0 atom stereocenters. The van der Waals surface area contributed by atoms with Crippen LogP contribution in [0.25, 0.3) is 0 Å². The van der Waals surface area contributed by atoms with E-state index in [1.165, 1.54) is 9.62 Å². The number of hydrogen-bond acceptors (Lipinski definition) is 0. The topological polar surface area (TPSA) is 0 Å². The molecule has 61 valence electrons. The zero-order chi connectivity index (χ0) is 8.10. The standard InChI is InChI=1S/C6H5.2C2H5.Mo/c1-2-4-6-5-3-1;2*1-2;/h1-5H;2*1H2,2H3;. The molecule has 0 spiro atoms. The Kier molecular flexibility index (Phi) is 3.86. The fourth-order valence-corrected chi connectivity index (χ4v) is 5.12. The first-order valence-corrected chi connectivity index (χ1v) is 7.95. The van der Waals surface area contributed by atoms with Crippen molar-refractivity contribution in [2.45, 2.75) is 23.5 Å². The quantitative estimate of drug-likeness (QED) is 0.702. The van der Waals surface area contributed by atoms with Crippen LogP contribution in [0.1, 0.15) is 13.8 Å². The molecule has 0 saturated heterocycles. The molecule has 0 amide bonds. The van der Waals surface area contributed by atoms with Gasteiger partial charge in [-0.25, -0.2) is 0 Å².